The van der Waals surface area contributed by atoms with Crippen molar-refractivity contribution in [2.24, 2.45) is 5.92 Å². The van der Waals surface area contributed by atoms with Gasteiger partial charge in [0.1, 0.15) is 5.75 Å². The number of amides is 1. The van der Waals surface area contributed by atoms with Gasteiger partial charge < -0.3 is 9.64 Å². The molecule has 0 aromatic heterocycles. The van der Waals surface area contributed by atoms with E-state index in [4.69, 9.17) is 16.3 Å². The summed E-state index contributed by atoms with van der Waals surface area (Å²) in [5.74, 6) is 1.15. The van der Waals surface area contributed by atoms with E-state index in [9.17, 15) is 4.79 Å². The Labute approximate surface area is 137 Å². The van der Waals surface area contributed by atoms with E-state index in [2.05, 4.69) is 4.90 Å². The maximum atomic E-state index is 12.8. The first-order valence-corrected chi connectivity index (χ1v) is 8.70. The fourth-order valence-corrected chi connectivity index (χ4v) is 4.13. The Morgan fingerprint density at radius 1 is 1.23 bits per heavy atom. The van der Waals surface area contributed by atoms with E-state index in [1.165, 1.54) is 32.1 Å². The van der Waals surface area contributed by atoms with Crippen molar-refractivity contribution in [3.8, 4) is 5.75 Å². The molecule has 0 spiro atoms. The van der Waals surface area contributed by atoms with Gasteiger partial charge in [0.15, 0.2) is 0 Å². The third-order valence-corrected chi connectivity index (χ3v) is 5.47. The quantitative estimate of drug-likeness (QED) is 0.836. The Morgan fingerprint density at radius 2 is 2.00 bits per heavy atom. The third-order valence-electron chi connectivity index (χ3n) is 5.11. The molecule has 22 heavy (non-hydrogen) atoms. The minimum atomic E-state index is 0.0516. The van der Waals surface area contributed by atoms with Crippen LogP contribution in [0.4, 0.5) is 0 Å². The fraction of sp³-hybridized carbons (Fsp3) is 0.611. The molecule has 1 aromatic rings. The number of rotatable bonds is 4. The van der Waals surface area contributed by atoms with Crippen LogP contribution in [-0.4, -0.2) is 30.5 Å². The van der Waals surface area contributed by atoms with Crippen molar-refractivity contribution in [1.29, 1.82) is 0 Å². The molecule has 2 fully saturated rings. The van der Waals surface area contributed by atoms with Gasteiger partial charge in [-0.2, -0.15) is 0 Å². The first kappa shape index (κ1) is 15.7. The summed E-state index contributed by atoms with van der Waals surface area (Å²) in [7, 11) is 1.65. The van der Waals surface area contributed by atoms with E-state index in [0.717, 1.165) is 24.3 Å². The van der Waals surface area contributed by atoms with Crippen molar-refractivity contribution in [3.63, 3.8) is 0 Å². The number of hydrogen-bond acceptors (Lipinski definition) is 2. The number of carbonyl (C=O) groups excluding carboxylic acids is 1. The molecule has 1 unspecified atom stereocenters. The van der Waals surface area contributed by atoms with Crippen LogP contribution in [0, 0.1) is 5.92 Å². The van der Waals surface area contributed by atoms with E-state index in [1.54, 1.807) is 7.11 Å². The first-order valence-electron chi connectivity index (χ1n) is 8.32. The Balaban J connectivity index is 1.71. The molecule has 0 N–H and O–H groups in total. The highest BCUT2D eigenvalue weighted by Gasteiger charge is 2.36. The molecule has 3 nitrogen and oxygen atoms in total. The van der Waals surface area contributed by atoms with Gasteiger partial charge in [0, 0.05) is 29.1 Å². The van der Waals surface area contributed by atoms with Gasteiger partial charge in [0.25, 0.3) is 0 Å². The van der Waals surface area contributed by atoms with E-state index in [1.807, 2.05) is 18.2 Å². The third kappa shape index (κ3) is 3.10. The normalized spacial score (nSPS) is 23.1. The van der Waals surface area contributed by atoms with Crippen molar-refractivity contribution in [2.75, 3.05) is 13.7 Å². The van der Waals surface area contributed by atoms with Gasteiger partial charge in [-0.1, -0.05) is 36.9 Å². The average Bonchev–Trinajstić information content (AvgIpc) is 2.91. The van der Waals surface area contributed by atoms with Gasteiger partial charge in [-0.05, 0) is 37.8 Å². The average molecular weight is 322 g/mol. The summed E-state index contributed by atoms with van der Waals surface area (Å²) >= 11 is 6.31. The molecule has 1 aromatic carbocycles. The Bertz CT molecular complexity index is 540. The van der Waals surface area contributed by atoms with Gasteiger partial charge in [-0.3, -0.25) is 4.79 Å². The Kier molecular flexibility index (Phi) is 4.92. The highest BCUT2D eigenvalue weighted by molar-refractivity contribution is 6.31. The summed E-state index contributed by atoms with van der Waals surface area (Å²) in [4.78, 5) is 14.9. The summed E-state index contributed by atoms with van der Waals surface area (Å²) < 4.78 is 5.41. The molecule has 1 amide bonds. The van der Waals surface area contributed by atoms with Crippen molar-refractivity contribution >= 4 is 17.5 Å². The molecule has 0 radical (unpaired) electrons. The molecule has 1 saturated heterocycles. The number of carbonyl (C=O) groups is 1. The van der Waals surface area contributed by atoms with Gasteiger partial charge in [-0.15, -0.1) is 0 Å². The molecular weight excluding hydrogens is 298 g/mol. The molecule has 1 aliphatic heterocycles. The smallest absolute Gasteiger partial charge is 0.226 e. The highest BCUT2D eigenvalue weighted by atomic mass is 35.5. The lowest BCUT2D eigenvalue weighted by Crippen LogP contribution is -2.39. The van der Waals surface area contributed by atoms with Gasteiger partial charge in [-0.25, -0.2) is 0 Å². The Morgan fingerprint density at radius 3 is 2.73 bits per heavy atom. The van der Waals surface area contributed by atoms with E-state index < -0.39 is 0 Å². The number of halogens is 1. The number of ether oxygens (including phenoxy) is 1. The van der Waals surface area contributed by atoms with Crippen LogP contribution in [0.15, 0.2) is 18.2 Å². The monoisotopic (exact) mass is 321 g/mol. The lowest BCUT2D eigenvalue weighted by molar-refractivity contribution is -0.133. The maximum Gasteiger partial charge on any atom is 0.226 e. The zero-order valence-corrected chi connectivity index (χ0v) is 13.9. The minimum absolute atomic E-state index is 0.0516. The predicted molar refractivity (Wildman–Crippen MR) is 88.4 cm³/mol. The maximum absolute atomic E-state index is 12.8. The topological polar surface area (TPSA) is 29.5 Å². The largest absolute Gasteiger partial charge is 0.496 e. The molecule has 4 heteroatoms. The zero-order valence-electron chi connectivity index (χ0n) is 13.2. The van der Waals surface area contributed by atoms with Crippen LogP contribution in [0.25, 0.3) is 0 Å². The number of benzene rings is 1. The van der Waals surface area contributed by atoms with E-state index in [0.29, 0.717) is 23.4 Å². The zero-order chi connectivity index (χ0) is 15.5. The summed E-state index contributed by atoms with van der Waals surface area (Å²) in [6, 6.07) is 6.15. The lowest BCUT2D eigenvalue weighted by Gasteiger charge is -2.31. The summed E-state index contributed by atoms with van der Waals surface area (Å²) in [5, 5.41) is 0.697. The van der Waals surface area contributed by atoms with Crippen LogP contribution in [0.5, 0.6) is 5.75 Å². The van der Waals surface area contributed by atoms with E-state index >= 15 is 0 Å². The molecule has 120 valence electrons. The SMILES string of the molecule is COc1cccc(Cl)c1CC1CCN(C2CCCCC2)C1=O. The number of hydrogen-bond donors (Lipinski definition) is 0. The molecule has 1 heterocycles. The first-order chi connectivity index (χ1) is 10.7. The molecule has 3 rings (SSSR count). The van der Waals surface area contributed by atoms with Crippen molar-refractivity contribution < 1.29 is 9.53 Å². The molecule has 0 bridgehead atoms. The number of methoxy groups -OCH3 is 1. The van der Waals surface area contributed by atoms with Crippen LogP contribution in [0.2, 0.25) is 5.02 Å². The molecule has 1 atom stereocenters. The van der Waals surface area contributed by atoms with Crippen LogP contribution in [-0.2, 0) is 11.2 Å². The standard InChI is InChI=1S/C18H24ClNO2/c1-22-17-9-5-8-16(19)15(17)12-13-10-11-20(18(13)21)14-6-3-2-4-7-14/h5,8-9,13-14H,2-4,6-7,10-12H2,1H3. The summed E-state index contributed by atoms with van der Waals surface area (Å²) in [5.41, 5.74) is 0.968. The van der Waals surface area contributed by atoms with Gasteiger partial charge in [0.2, 0.25) is 5.91 Å². The number of likely N-dealkylation sites (tertiary alicyclic amines) is 1. The van der Waals surface area contributed by atoms with Crippen molar-refractivity contribution in [1.82, 2.24) is 4.90 Å². The second-order valence-electron chi connectivity index (χ2n) is 6.43. The van der Waals surface area contributed by atoms with Crippen LogP contribution < -0.4 is 4.74 Å². The number of nitrogens with zero attached hydrogens (tertiary/aromatic N) is 1. The fourth-order valence-electron chi connectivity index (χ4n) is 3.88. The van der Waals surface area contributed by atoms with E-state index in [-0.39, 0.29) is 5.92 Å². The van der Waals surface area contributed by atoms with Crippen LogP contribution in [0.1, 0.15) is 44.1 Å². The molecule has 1 aliphatic carbocycles. The molecule has 1 saturated carbocycles. The van der Waals surface area contributed by atoms with Gasteiger partial charge >= 0.3 is 0 Å². The Hall–Kier alpha value is -1.22. The predicted octanol–water partition coefficient (Wildman–Crippen LogP) is 4.07. The lowest BCUT2D eigenvalue weighted by atomic mass is 9.94. The summed E-state index contributed by atoms with van der Waals surface area (Å²) in [6.45, 7) is 0.904. The van der Waals surface area contributed by atoms with Crippen molar-refractivity contribution in [3.05, 3.63) is 28.8 Å². The van der Waals surface area contributed by atoms with Crippen LogP contribution >= 0.6 is 11.6 Å². The minimum Gasteiger partial charge on any atom is -0.496 e. The molecular formula is C18H24ClNO2. The van der Waals surface area contributed by atoms with Crippen molar-refractivity contribution in [2.45, 2.75) is 51.0 Å². The van der Waals surface area contributed by atoms with Gasteiger partial charge in [0.05, 0.1) is 7.11 Å². The highest BCUT2D eigenvalue weighted by Crippen LogP contribution is 2.34. The molecule has 2 aliphatic rings. The second kappa shape index (κ2) is 6.91. The van der Waals surface area contributed by atoms with Crippen LogP contribution in [0.3, 0.4) is 0 Å². The second-order valence-corrected chi connectivity index (χ2v) is 6.84. The summed E-state index contributed by atoms with van der Waals surface area (Å²) in [6.07, 6.45) is 7.81.